The molecule has 148 valence electrons. The number of nitrogens with zero attached hydrogens (tertiary/aromatic N) is 1. The van der Waals surface area contributed by atoms with E-state index >= 15 is 0 Å². The number of amides is 2. The van der Waals surface area contributed by atoms with Gasteiger partial charge in [-0.3, -0.25) is 9.59 Å². The van der Waals surface area contributed by atoms with Gasteiger partial charge < -0.3 is 15.0 Å². The van der Waals surface area contributed by atoms with Crippen molar-refractivity contribution in [1.29, 1.82) is 0 Å². The largest absolute Gasteiger partial charge is 0.496 e. The van der Waals surface area contributed by atoms with Gasteiger partial charge in [0.1, 0.15) is 5.75 Å². The van der Waals surface area contributed by atoms with Crippen molar-refractivity contribution < 1.29 is 14.3 Å². The molecule has 0 saturated carbocycles. The summed E-state index contributed by atoms with van der Waals surface area (Å²) in [6.45, 7) is 2.50. The molecule has 0 heterocycles. The molecule has 0 unspecified atom stereocenters. The zero-order valence-corrected chi connectivity index (χ0v) is 17.8. The number of hydrogen-bond acceptors (Lipinski definition) is 3. The van der Waals surface area contributed by atoms with Crippen molar-refractivity contribution in [3.05, 3.63) is 88.4 Å². The SMILES string of the molecule is CCN(C(=O)c1ccc(NC(=O)c2ccc(OC)c(Br)c2)cc1)c1ccccc1. The number of methoxy groups -OCH3 is 1. The van der Waals surface area contributed by atoms with Crippen molar-refractivity contribution in [2.45, 2.75) is 6.92 Å². The second-order valence-corrected chi connectivity index (χ2v) is 7.12. The van der Waals surface area contributed by atoms with E-state index in [4.69, 9.17) is 4.74 Å². The molecule has 3 rings (SSSR count). The number of hydrogen-bond donors (Lipinski definition) is 1. The first-order chi connectivity index (χ1) is 14.0. The summed E-state index contributed by atoms with van der Waals surface area (Å²) in [5.41, 5.74) is 2.52. The Kier molecular flexibility index (Phi) is 6.67. The molecule has 0 fully saturated rings. The van der Waals surface area contributed by atoms with Crippen LogP contribution >= 0.6 is 15.9 Å². The van der Waals surface area contributed by atoms with Crippen molar-refractivity contribution in [2.75, 3.05) is 23.9 Å². The van der Waals surface area contributed by atoms with Crippen LogP contribution < -0.4 is 15.0 Å². The number of rotatable bonds is 6. The van der Waals surface area contributed by atoms with Crippen LogP contribution in [0.15, 0.2) is 77.3 Å². The van der Waals surface area contributed by atoms with E-state index in [1.165, 1.54) is 0 Å². The van der Waals surface area contributed by atoms with Crippen LogP contribution in [-0.4, -0.2) is 25.5 Å². The molecule has 0 bridgehead atoms. The minimum absolute atomic E-state index is 0.0874. The van der Waals surface area contributed by atoms with Gasteiger partial charge in [-0.2, -0.15) is 0 Å². The molecular formula is C23H21BrN2O3. The number of benzene rings is 3. The molecule has 0 aliphatic carbocycles. The first-order valence-electron chi connectivity index (χ1n) is 9.15. The van der Waals surface area contributed by atoms with E-state index in [0.717, 1.165) is 5.69 Å². The van der Waals surface area contributed by atoms with E-state index in [9.17, 15) is 9.59 Å². The number of carbonyl (C=O) groups excluding carboxylic acids is 2. The van der Waals surface area contributed by atoms with Crippen molar-refractivity contribution in [3.8, 4) is 5.75 Å². The van der Waals surface area contributed by atoms with E-state index in [-0.39, 0.29) is 11.8 Å². The second kappa shape index (κ2) is 9.39. The summed E-state index contributed by atoms with van der Waals surface area (Å²) >= 11 is 3.38. The van der Waals surface area contributed by atoms with Gasteiger partial charge in [-0.15, -0.1) is 0 Å². The third-order valence-electron chi connectivity index (χ3n) is 4.43. The van der Waals surface area contributed by atoms with Gasteiger partial charge >= 0.3 is 0 Å². The minimum Gasteiger partial charge on any atom is -0.496 e. The van der Waals surface area contributed by atoms with E-state index < -0.39 is 0 Å². The maximum absolute atomic E-state index is 12.9. The summed E-state index contributed by atoms with van der Waals surface area (Å²) in [5.74, 6) is 0.325. The summed E-state index contributed by atoms with van der Waals surface area (Å²) < 4.78 is 5.88. The van der Waals surface area contributed by atoms with Gasteiger partial charge in [0.05, 0.1) is 11.6 Å². The first kappa shape index (κ1) is 20.6. The highest BCUT2D eigenvalue weighted by Gasteiger charge is 2.16. The summed E-state index contributed by atoms with van der Waals surface area (Å²) in [6.07, 6.45) is 0. The van der Waals surface area contributed by atoms with Gasteiger partial charge in [-0.25, -0.2) is 0 Å². The topological polar surface area (TPSA) is 58.6 Å². The van der Waals surface area contributed by atoms with Crippen LogP contribution in [0.5, 0.6) is 5.75 Å². The molecule has 29 heavy (non-hydrogen) atoms. The fourth-order valence-corrected chi connectivity index (χ4v) is 3.45. The monoisotopic (exact) mass is 452 g/mol. The number of anilines is 2. The molecule has 2 amide bonds. The summed E-state index contributed by atoms with van der Waals surface area (Å²) in [7, 11) is 1.57. The van der Waals surface area contributed by atoms with Gasteiger partial charge in [0, 0.05) is 29.0 Å². The third kappa shape index (κ3) is 4.84. The second-order valence-electron chi connectivity index (χ2n) is 6.27. The first-order valence-corrected chi connectivity index (χ1v) is 9.94. The maximum Gasteiger partial charge on any atom is 0.258 e. The van der Waals surface area contributed by atoms with Crippen LogP contribution in [0, 0.1) is 0 Å². The lowest BCUT2D eigenvalue weighted by atomic mass is 10.1. The van der Waals surface area contributed by atoms with E-state index in [0.29, 0.717) is 33.6 Å². The molecular weight excluding hydrogens is 432 g/mol. The van der Waals surface area contributed by atoms with Gasteiger partial charge in [0.15, 0.2) is 0 Å². The van der Waals surface area contributed by atoms with Crippen LogP contribution in [0.2, 0.25) is 0 Å². The molecule has 6 heteroatoms. The molecule has 1 N–H and O–H groups in total. The van der Waals surface area contributed by atoms with Crippen LogP contribution in [0.1, 0.15) is 27.6 Å². The van der Waals surface area contributed by atoms with Crippen LogP contribution in [-0.2, 0) is 0 Å². The van der Waals surface area contributed by atoms with Crippen molar-refractivity contribution in [3.63, 3.8) is 0 Å². The van der Waals surface area contributed by atoms with Gasteiger partial charge in [0.25, 0.3) is 11.8 Å². The molecule has 0 aliphatic rings. The molecule has 5 nitrogen and oxygen atoms in total. The fraction of sp³-hybridized carbons (Fsp3) is 0.130. The quantitative estimate of drug-likeness (QED) is 0.546. The van der Waals surface area contributed by atoms with Gasteiger partial charge in [-0.05, 0) is 77.5 Å². The molecule has 0 aromatic heterocycles. The molecule has 0 aliphatic heterocycles. The zero-order chi connectivity index (χ0) is 20.8. The Morgan fingerprint density at radius 2 is 1.62 bits per heavy atom. The molecule has 0 atom stereocenters. The van der Waals surface area contributed by atoms with Crippen LogP contribution in [0.25, 0.3) is 0 Å². The number of carbonyl (C=O) groups is 2. The van der Waals surface area contributed by atoms with Gasteiger partial charge in [-0.1, -0.05) is 18.2 Å². The Labute approximate surface area is 178 Å². The van der Waals surface area contributed by atoms with E-state index in [1.54, 1.807) is 54.5 Å². The Morgan fingerprint density at radius 3 is 2.21 bits per heavy atom. The summed E-state index contributed by atoms with van der Waals surface area (Å²) in [4.78, 5) is 27.0. The highest BCUT2D eigenvalue weighted by atomic mass is 79.9. The predicted molar refractivity (Wildman–Crippen MR) is 119 cm³/mol. The highest BCUT2D eigenvalue weighted by molar-refractivity contribution is 9.10. The Morgan fingerprint density at radius 1 is 0.966 bits per heavy atom. The van der Waals surface area contributed by atoms with Gasteiger partial charge in [0.2, 0.25) is 0 Å². The highest BCUT2D eigenvalue weighted by Crippen LogP contribution is 2.26. The molecule has 0 saturated heterocycles. The summed E-state index contributed by atoms with van der Waals surface area (Å²) in [5, 5.41) is 2.84. The van der Waals surface area contributed by atoms with Crippen molar-refractivity contribution in [2.24, 2.45) is 0 Å². The standard InChI is InChI=1S/C23H21BrN2O3/c1-3-26(19-7-5-4-6-8-19)23(28)16-9-12-18(13-10-16)25-22(27)17-11-14-21(29-2)20(24)15-17/h4-15H,3H2,1-2H3,(H,25,27). The molecule has 0 radical (unpaired) electrons. The lowest BCUT2D eigenvalue weighted by Crippen LogP contribution is -2.30. The molecule has 0 spiro atoms. The predicted octanol–water partition coefficient (Wildman–Crippen LogP) is 5.38. The number of para-hydroxylation sites is 1. The normalized spacial score (nSPS) is 10.3. The van der Waals surface area contributed by atoms with Crippen molar-refractivity contribution >= 4 is 39.1 Å². The number of halogens is 1. The average Bonchev–Trinajstić information content (AvgIpc) is 2.75. The maximum atomic E-state index is 12.9. The van der Waals surface area contributed by atoms with Crippen LogP contribution in [0.4, 0.5) is 11.4 Å². The molecule has 3 aromatic carbocycles. The number of nitrogens with one attached hydrogen (secondary N) is 1. The Balaban J connectivity index is 1.72. The third-order valence-corrected chi connectivity index (χ3v) is 5.05. The zero-order valence-electron chi connectivity index (χ0n) is 16.2. The van der Waals surface area contributed by atoms with E-state index in [2.05, 4.69) is 21.2 Å². The van der Waals surface area contributed by atoms with E-state index in [1.807, 2.05) is 37.3 Å². The summed E-state index contributed by atoms with van der Waals surface area (Å²) in [6, 6.07) is 21.5. The lowest BCUT2D eigenvalue weighted by Gasteiger charge is -2.21. The van der Waals surface area contributed by atoms with Crippen molar-refractivity contribution in [1.82, 2.24) is 0 Å². The average molecular weight is 453 g/mol. The number of ether oxygens (including phenoxy) is 1. The fourth-order valence-electron chi connectivity index (χ4n) is 2.91. The lowest BCUT2D eigenvalue weighted by molar-refractivity contribution is 0.0987. The Bertz CT molecular complexity index is 1000. The minimum atomic E-state index is -0.244. The smallest absolute Gasteiger partial charge is 0.258 e. The Hall–Kier alpha value is -3.12. The van der Waals surface area contributed by atoms with Crippen LogP contribution in [0.3, 0.4) is 0 Å². The molecule has 3 aromatic rings.